The second-order valence-electron chi connectivity index (χ2n) is 8.71. The lowest BCUT2D eigenvalue weighted by molar-refractivity contribution is 0.0794. The van der Waals surface area contributed by atoms with E-state index in [-0.39, 0.29) is 6.10 Å². The van der Waals surface area contributed by atoms with Crippen LogP contribution in [-0.4, -0.2) is 33.8 Å². The van der Waals surface area contributed by atoms with E-state index in [0.29, 0.717) is 6.61 Å². The Morgan fingerprint density at radius 3 is 2.52 bits per heavy atom. The van der Waals surface area contributed by atoms with Crippen LogP contribution in [0.15, 0.2) is 54.7 Å². The lowest BCUT2D eigenvalue weighted by atomic mass is 10.1. The maximum absolute atomic E-state index is 9.82. The first kappa shape index (κ1) is 18.7. The summed E-state index contributed by atoms with van der Waals surface area (Å²) in [4.78, 5) is 2.47. The van der Waals surface area contributed by atoms with Crippen LogP contribution in [-0.2, 0) is 19.7 Å². The molecule has 1 saturated carbocycles. The van der Waals surface area contributed by atoms with Crippen molar-refractivity contribution in [2.24, 2.45) is 5.92 Å². The summed E-state index contributed by atoms with van der Waals surface area (Å²) in [5.74, 6) is 1.78. The van der Waals surface area contributed by atoms with Crippen LogP contribution in [0.25, 0.3) is 10.9 Å². The number of ether oxygens (including phenoxy) is 1. The molecule has 2 aromatic carbocycles. The second-order valence-corrected chi connectivity index (χ2v) is 8.71. The van der Waals surface area contributed by atoms with E-state index in [9.17, 15) is 5.11 Å². The SMILES string of the molecule is OC1CCN(Cc2cn(CC3CC3)c3ccc(OCc4ccccc4)cc23)CC1. The van der Waals surface area contributed by atoms with E-state index >= 15 is 0 Å². The Balaban J connectivity index is 1.39. The number of hydrogen-bond acceptors (Lipinski definition) is 3. The van der Waals surface area contributed by atoms with Crippen molar-refractivity contribution < 1.29 is 9.84 Å². The van der Waals surface area contributed by atoms with Crippen molar-refractivity contribution in [3.05, 3.63) is 65.9 Å². The van der Waals surface area contributed by atoms with Crippen molar-refractivity contribution >= 4 is 10.9 Å². The molecule has 1 aromatic heterocycles. The van der Waals surface area contributed by atoms with Crippen LogP contribution in [0, 0.1) is 5.92 Å². The van der Waals surface area contributed by atoms with E-state index < -0.39 is 0 Å². The van der Waals surface area contributed by atoms with E-state index in [1.807, 2.05) is 18.2 Å². The standard InChI is InChI=1S/C25H30N2O2/c28-22-10-12-26(13-11-22)16-21-17-27(15-19-6-7-19)25-9-8-23(14-24(21)25)29-18-20-4-2-1-3-5-20/h1-5,8-9,14,17,19,22,28H,6-7,10-13,15-16,18H2. The lowest BCUT2D eigenvalue weighted by Crippen LogP contribution is -2.35. The number of hydrogen-bond donors (Lipinski definition) is 1. The summed E-state index contributed by atoms with van der Waals surface area (Å²) in [6.45, 7) is 4.61. The minimum Gasteiger partial charge on any atom is -0.489 e. The molecule has 0 atom stereocenters. The van der Waals surface area contributed by atoms with Gasteiger partial charge < -0.3 is 14.4 Å². The molecule has 1 aliphatic heterocycles. The molecule has 2 heterocycles. The Labute approximate surface area is 172 Å². The van der Waals surface area contributed by atoms with Crippen LogP contribution in [0.2, 0.25) is 0 Å². The molecular formula is C25H30N2O2. The van der Waals surface area contributed by atoms with Gasteiger partial charge in [-0.3, -0.25) is 4.90 Å². The Kier molecular flexibility index (Phi) is 5.30. The van der Waals surface area contributed by atoms with Crippen molar-refractivity contribution in [3.8, 4) is 5.75 Å². The van der Waals surface area contributed by atoms with Crippen LogP contribution in [0.1, 0.15) is 36.8 Å². The fourth-order valence-electron chi connectivity index (χ4n) is 4.35. The predicted molar refractivity (Wildman–Crippen MR) is 116 cm³/mol. The molecule has 1 N–H and O–H groups in total. The molecule has 152 valence electrons. The fourth-order valence-corrected chi connectivity index (χ4v) is 4.35. The Morgan fingerprint density at radius 2 is 1.76 bits per heavy atom. The van der Waals surface area contributed by atoms with Crippen LogP contribution in [0.3, 0.4) is 0 Å². The van der Waals surface area contributed by atoms with Gasteiger partial charge in [0, 0.05) is 43.3 Å². The fraction of sp³-hybridized carbons (Fsp3) is 0.440. The Hall–Kier alpha value is -2.30. The Morgan fingerprint density at radius 1 is 0.966 bits per heavy atom. The molecule has 3 aromatic rings. The summed E-state index contributed by atoms with van der Waals surface area (Å²) in [6.07, 6.45) is 6.71. The number of aliphatic hydroxyl groups is 1. The van der Waals surface area contributed by atoms with Crippen molar-refractivity contribution in [1.82, 2.24) is 9.47 Å². The number of nitrogens with zero attached hydrogens (tertiary/aromatic N) is 2. The molecule has 0 bridgehead atoms. The largest absolute Gasteiger partial charge is 0.489 e. The van der Waals surface area contributed by atoms with Gasteiger partial charge in [0.25, 0.3) is 0 Å². The highest BCUT2D eigenvalue weighted by Gasteiger charge is 2.24. The molecule has 5 rings (SSSR count). The van der Waals surface area contributed by atoms with E-state index in [4.69, 9.17) is 4.74 Å². The van der Waals surface area contributed by atoms with Crippen molar-refractivity contribution in [2.45, 2.75) is 51.5 Å². The number of piperidine rings is 1. The molecule has 2 fully saturated rings. The maximum atomic E-state index is 9.82. The van der Waals surface area contributed by atoms with Crippen LogP contribution in [0.5, 0.6) is 5.75 Å². The molecule has 1 saturated heterocycles. The summed E-state index contributed by atoms with van der Waals surface area (Å²) in [7, 11) is 0. The number of likely N-dealkylation sites (tertiary alicyclic amines) is 1. The van der Waals surface area contributed by atoms with Gasteiger partial charge in [-0.2, -0.15) is 0 Å². The highest BCUT2D eigenvalue weighted by Crippen LogP contribution is 2.34. The highest BCUT2D eigenvalue weighted by molar-refractivity contribution is 5.85. The second kappa shape index (κ2) is 8.21. The van der Waals surface area contributed by atoms with Gasteiger partial charge in [0.2, 0.25) is 0 Å². The molecular weight excluding hydrogens is 360 g/mol. The maximum Gasteiger partial charge on any atom is 0.120 e. The van der Waals surface area contributed by atoms with Crippen molar-refractivity contribution in [3.63, 3.8) is 0 Å². The summed E-state index contributed by atoms with van der Waals surface area (Å²) in [6, 6.07) is 16.9. The Bertz CT molecular complexity index is 954. The zero-order valence-corrected chi connectivity index (χ0v) is 17.0. The van der Waals surface area contributed by atoms with Gasteiger partial charge in [0.1, 0.15) is 12.4 Å². The third-order valence-electron chi connectivity index (χ3n) is 6.29. The number of fused-ring (bicyclic) bond motifs is 1. The third-order valence-corrected chi connectivity index (χ3v) is 6.29. The van der Waals surface area contributed by atoms with E-state index in [1.165, 1.54) is 34.9 Å². The molecule has 4 heteroatoms. The topological polar surface area (TPSA) is 37.6 Å². The molecule has 0 unspecified atom stereocenters. The lowest BCUT2D eigenvalue weighted by Gasteiger charge is -2.29. The zero-order chi connectivity index (χ0) is 19.6. The minimum atomic E-state index is -0.125. The number of aliphatic hydroxyl groups excluding tert-OH is 1. The average molecular weight is 391 g/mol. The van der Waals surface area contributed by atoms with Gasteiger partial charge in [-0.25, -0.2) is 0 Å². The van der Waals surface area contributed by atoms with E-state index in [0.717, 1.165) is 50.7 Å². The summed E-state index contributed by atoms with van der Waals surface area (Å²) < 4.78 is 8.55. The predicted octanol–water partition coefficient (Wildman–Crippen LogP) is 4.59. The molecule has 0 amide bonds. The normalized spacial score (nSPS) is 18.4. The molecule has 2 aliphatic rings. The van der Waals surface area contributed by atoms with Gasteiger partial charge in [-0.15, -0.1) is 0 Å². The van der Waals surface area contributed by atoms with Gasteiger partial charge in [0.15, 0.2) is 0 Å². The van der Waals surface area contributed by atoms with Crippen molar-refractivity contribution in [2.75, 3.05) is 13.1 Å². The highest BCUT2D eigenvalue weighted by atomic mass is 16.5. The molecule has 29 heavy (non-hydrogen) atoms. The molecule has 0 radical (unpaired) electrons. The zero-order valence-electron chi connectivity index (χ0n) is 17.0. The summed E-state index contributed by atoms with van der Waals surface area (Å²) >= 11 is 0. The molecule has 0 spiro atoms. The number of aromatic nitrogens is 1. The number of rotatable bonds is 7. The van der Waals surface area contributed by atoms with Crippen molar-refractivity contribution in [1.29, 1.82) is 0 Å². The van der Waals surface area contributed by atoms with E-state index in [1.54, 1.807) is 0 Å². The van der Waals surface area contributed by atoms with Gasteiger partial charge in [-0.1, -0.05) is 30.3 Å². The minimum absolute atomic E-state index is 0.125. The third kappa shape index (κ3) is 4.49. The first-order chi connectivity index (χ1) is 14.2. The first-order valence-corrected chi connectivity index (χ1v) is 10.9. The van der Waals surface area contributed by atoms with Gasteiger partial charge in [0.05, 0.1) is 6.10 Å². The van der Waals surface area contributed by atoms with Gasteiger partial charge in [-0.05, 0) is 60.9 Å². The van der Waals surface area contributed by atoms with E-state index in [2.05, 4.69) is 46.0 Å². The monoisotopic (exact) mass is 390 g/mol. The quantitative estimate of drug-likeness (QED) is 0.641. The smallest absolute Gasteiger partial charge is 0.120 e. The molecule has 1 aliphatic carbocycles. The number of benzene rings is 2. The van der Waals surface area contributed by atoms with Crippen LogP contribution >= 0.6 is 0 Å². The summed E-state index contributed by atoms with van der Waals surface area (Å²) in [5, 5.41) is 11.1. The van der Waals surface area contributed by atoms with Crippen LogP contribution in [0.4, 0.5) is 0 Å². The first-order valence-electron chi connectivity index (χ1n) is 10.9. The van der Waals surface area contributed by atoms with Gasteiger partial charge >= 0.3 is 0 Å². The van der Waals surface area contributed by atoms with Crippen LogP contribution < -0.4 is 4.74 Å². The average Bonchev–Trinajstić information content (AvgIpc) is 3.51. The molecule has 4 nitrogen and oxygen atoms in total. The summed E-state index contributed by atoms with van der Waals surface area (Å²) in [5.41, 5.74) is 3.88.